The highest BCUT2D eigenvalue weighted by molar-refractivity contribution is 7.99. The van der Waals surface area contributed by atoms with Gasteiger partial charge in [0.25, 0.3) is 0 Å². The zero-order chi connectivity index (χ0) is 22.7. The Bertz CT molecular complexity index is 1230. The van der Waals surface area contributed by atoms with Crippen LogP contribution in [0.3, 0.4) is 0 Å². The molecule has 0 spiro atoms. The molecule has 0 fully saturated rings. The van der Waals surface area contributed by atoms with E-state index in [-0.39, 0.29) is 11.7 Å². The van der Waals surface area contributed by atoms with Crippen LogP contribution in [0.1, 0.15) is 16.7 Å². The van der Waals surface area contributed by atoms with E-state index in [0.29, 0.717) is 16.0 Å². The van der Waals surface area contributed by atoms with E-state index >= 15 is 0 Å². The second kappa shape index (κ2) is 9.54. The first-order valence-corrected chi connectivity index (χ1v) is 11.4. The molecular weight excluding hydrogens is 442 g/mol. The molecule has 0 atom stereocenters. The van der Waals surface area contributed by atoms with Crippen LogP contribution in [0.25, 0.3) is 17.1 Å². The molecule has 1 N–H and O–H groups in total. The number of thioether (sulfide) groups is 1. The molecular formula is C24H22ClN5OS. The van der Waals surface area contributed by atoms with Crippen molar-refractivity contribution in [2.45, 2.75) is 25.9 Å². The average Bonchev–Trinajstić information content (AvgIpc) is 3.20. The van der Waals surface area contributed by atoms with Crippen LogP contribution in [0.4, 0.5) is 5.69 Å². The van der Waals surface area contributed by atoms with Gasteiger partial charge in [0.1, 0.15) is 0 Å². The Morgan fingerprint density at radius 3 is 2.31 bits per heavy atom. The van der Waals surface area contributed by atoms with Crippen LogP contribution in [0.5, 0.6) is 0 Å². The van der Waals surface area contributed by atoms with Crippen LogP contribution in [0.15, 0.2) is 66.1 Å². The maximum atomic E-state index is 12.7. The number of aromatic nitrogens is 4. The first-order chi connectivity index (χ1) is 15.4. The fourth-order valence-electron chi connectivity index (χ4n) is 3.56. The number of nitrogens with zero attached hydrogens (tertiary/aromatic N) is 4. The molecule has 0 bridgehead atoms. The predicted molar refractivity (Wildman–Crippen MR) is 130 cm³/mol. The van der Waals surface area contributed by atoms with Crippen LogP contribution < -0.4 is 5.32 Å². The molecule has 0 radical (unpaired) electrons. The van der Waals surface area contributed by atoms with Crippen molar-refractivity contribution in [3.05, 3.63) is 82.6 Å². The molecule has 32 heavy (non-hydrogen) atoms. The van der Waals surface area contributed by atoms with Crippen LogP contribution >= 0.6 is 23.4 Å². The largest absolute Gasteiger partial charge is 0.325 e. The number of carbonyl (C=O) groups excluding carboxylic acids is 1. The van der Waals surface area contributed by atoms with Gasteiger partial charge < -0.3 is 5.32 Å². The van der Waals surface area contributed by atoms with Gasteiger partial charge in [0, 0.05) is 34.4 Å². The number of pyridine rings is 1. The number of anilines is 1. The van der Waals surface area contributed by atoms with Crippen LogP contribution in [0.2, 0.25) is 5.02 Å². The standard InChI is InChI=1S/C24H22ClN5OS/c1-15-12-16(2)22(17(3)13-15)27-21(31)14-32-24-29-28-23(18-8-10-26-11-9-18)30(24)20-6-4-19(25)5-7-20/h4-13H,14H2,1-3H3,(H,27,31). The van der Waals surface area contributed by atoms with E-state index in [9.17, 15) is 4.79 Å². The van der Waals surface area contributed by atoms with Crippen molar-refractivity contribution in [3.63, 3.8) is 0 Å². The molecule has 2 aromatic heterocycles. The quantitative estimate of drug-likeness (QED) is 0.374. The maximum Gasteiger partial charge on any atom is 0.234 e. The molecule has 162 valence electrons. The second-order valence-electron chi connectivity index (χ2n) is 7.46. The second-order valence-corrected chi connectivity index (χ2v) is 8.84. The number of hydrogen-bond acceptors (Lipinski definition) is 5. The Morgan fingerprint density at radius 2 is 1.66 bits per heavy atom. The molecule has 4 rings (SSSR count). The summed E-state index contributed by atoms with van der Waals surface area (Å²) in [6, 6.07) is 15.3. The van der Waals surface area contributed by atoms with E-state index in [1.54, 1.807) is 12.4 Å². The van der Waals surface area contributed by atoms with Gasteiger partial charge in [0.05, 0.1) is 5.75 Å². The fourth-order valence-corrected chi connectivity index (χ4v) is 4.43. The molecule has 0 saturated heterocycles. The third-order valence-electron chi connectivity index (χ3n) is 4.93. The fraction of sp³-hybridized carbons (Fsp3) is 0.167. The van der Waals surface area contributed by atoms with Gasteiger partial charge in [0.2, 0.25) is 5.91 Å². The highest BCUT2D eigenvalue weighted by atomic mass is 35.5. The van der Waals surface area contributed by atoms with Gasteiger partial charge >= 0.3 is 0 Å². The van der Waals surface area contributed by atoms with Crippen LogP contribution in [-0.2, 0) is 4.79 Å². The lowest BCUT2D eigenvalue weighted by molar-refractivity contribution is -0.113. The molecule has 2 heterocycles. The van der Waals surface area contributed by atoms with E-state index < -0.39 is 0 Å². The highest BCUT2D eigenvalue weighted by Crippen LogP contribution is 2.29. The number of aryl methyl sites for hydroxylation is 3. The summed E-state index contributed by atoms with van der Waals surface area (Å²) >= 11 is 7.41. The highest BCUT2D eigenvalue weighted by Gasteiger charge is 2.18. The topological polar surface area (TPSA) is 72.7 Å². The summed E-state index contributed by atoms with van der Waals surface area (Å²) in [5.74, 6) is 0.776. The van der Waals surface area contributed by atoms with Gasteiger partial charge in [-0.3, -0.25) is 14.3 Å². The molecule has 6 nitrogen and oxygen atoms in total. The third-order valence-corrected chi connectivity index (χ3v) is 6.11. The molecule has 0 aliphatic rings. The Kier molecular flexibility index (Phi) is 6.58. The SMILES string of the molecule is Cc1cc(C)c(NC(=O)CSc2nnc(-c3ccncc3)n2-c2ccc(Cl)cc2)c(C)c1. The van der Waals surface area contributed by atoms with E-state index in [4.69, 9.17) is 11.6 Å². The number of carbonyl (C=O) groups is 1. The Labute approximate surface area is 196 Å². The molecule has 0 aliphatic carbocycles. The van der Waals surface area contributed by atoms with E-state index in [2.05, 4.69) is 32.6 Å². The lowest BCUT2D eigenvalue weighted by Gasteiger charge is -2.13. The maximum absolute atomic E-state index is 12.7. The van der Waals surface area contributed by atoms with Gasteiger partial charge in [-0.2, -0.15) is 0 Å². The lowest BCUT2D eigenvalue weighted by atomic mass is 10.1. The summed E-state index contributed by atoms with van der Waals surface area (Å²) < 4.78 is 1.92. The van der Waals surface area contributed by atoms with Crippen molar-refractivity contribution in [1.29, 1.82) is 0 Å². The van der Waals surface area contributed by atoms with Crippen LogP contribution in [-0.4, -0.2) is 31.4 Å². The number of amides is 1. The van der Waals surface area contributed by atoms with Crippen molar-refractivity contribution < 1.29 is 4.79 Å². The minimum Gasteiger partial charge on any atom is -0.325 e. The summed E-state index contributed by atoms with van der Waals surface area (Å²) in [5, 5.41) is 13.0. The van der Waals surface area contributed by atoms with Crippen molar-refractivity contribution in [2.75, 3.05) is 11.1 Å². The van der Waals surface area contributed by atoms with Gasteiger partial charge in [-0.25, -0.2) is 0 Å². The molecule has 4 aromatic rings. The van der Waals surface area contributed by atoms with Crippen molar-refractivity contribution in [3.8, 4) is 17.1 Å². The van der Waals surface area contributed by atoms with Crippen LogP contribution in [0, 0.1) is 20.8 Å². The van der Waals surface area contributed by atoms with E-state index in [1.165, 1.54) is 17.3 Å². The van der Waals surface area contributed by atoms with Crippen molar-refractivity contribution >= 4 is 35.0 Å². The monoisotopic (exact) mass is 463 g/mol. The molecule has 0 unspecified atom stereocenters. The van der Waals surface area contributed by atoms with E-state index in [1.807, 2.05) is 61.7 Å². The molecule has 8 heteroatoms. The number of rotatable bonds is 6. The number of nitrogens with one attached hydrogen (secondary N) is 1. The predicted octanol–water partition coefficient (Wildman–Crippen LogP) is 5.64. The van der Waals surface area contributed by atoms with Gasteiger partial charge in [-0.05, 0) is 68.3 Å². The minimum absolute atomic E-state index is 0.0961. The van der Waals surface area contributed by atoms with Crippen molar-refractivity contribution in [1.82, 2.24) is 19.7 Å². The number of hydrogen-bond donors (Lipinski definition) is 1. The summed E-state index contributed by atoms with van der Waals surface area (Å²) in [7, 11) is 0. The molecule has 0 aliphatic heterocycles. The Balaban J connectivity index is 1.59. The number of benzene rings is 2. The third kappa shape index (κ3) is 4.84. The Hall–Kier alpha value is -3.16. The Morgan fingerprint density at radius 1 is 1.00 bits per heavy atom. The molecule has 0 saturated carbocycles. The zero-order valence-electron chi connectivity index (χ0n) is 18.0. The van der Waals surface area contributed by atoms with Gasteiger partial charge in [0.15, 0.2) is 11.0 Å². The number of halogens is 1. The van der Waals surface area contributed by atoms with Gasteiger partial charge in [-0.15, -0.1) is 10.2 Å². The zero-order valence-corrected chi connectivity index (χ0v) is 19.5. The first kappa shape index (κ1) is 22.0. The smallest absolute Gasteiger partial charge is 0.234 e. The van der Waals surface area contributed by atoms with Gasteiger partial charge in [-0.1, -0.05) is 41.1 Å². The summed E-state index contributed by atoms with van der Waals surface area (Å²) in [5.41, 5.74) is 5.87. The first-order valence-electron chi connectivity index (χ1n) is 10.0. The normalized spacial score (nSPS) is 10.9. The molecule has 1 amide bonds. The van der Waals surface area contributed by atoms with Crippen molar-refractivity contribution in [2.24, 2.45) is 0 Å². The summed E-state index contributed by atoms with van der Waals surface area (Å²) in [6.45, 7) is 6.05. The van der Waals surface area contributed by atoms with E-state index in [0.717, 1.165) is 28.1 Å². The molecule has 2 aromatic carbocycles. The minimum atomic E-state index is -0.0961. The average molecular weight is 464 g/mol. The summed E-state index contributed by atoms with van der Waals surface area (Å²) in [4.78, 5) is 16.8. The lowest BCUT2D eigenvalue weighted by Crippen LogP contribution is -2.16. The summed E-state index contributed by atoms with van der Waals surface area (Å²) in [6.07, 6.45) is 3.42.